The first-order valence-electron chi connectivity index (χ1n) is 7.25. The van der Waals surface area contributed by atoms with E-state index < -0.39 is 0 Å². The average molecular weight is 250 g/mol. The van der Waals surface area contributed by atoms with E-state index in [4.69, 9.17) is 0 Å². The summed E-state index contributed by atoms with van der Waals surface area (Å²) in [4.78, 5) is 0. The Hall–Kier alpha value is -1.60. The van der Waals surface area contributed by atoms with Crippen LogP contribution in [0.5, 0.6) is 0 Å². The van der Waals surface area contributed by atoms with Crippen LogP contribution in [0.25, 0.3) is 0 Å². The molecule has 2 aromatic rings. The molecule has 1 nitrogen and oxygen atoms in total. The maximum Gasteiger partial charge on any atom is 0.119 e. The number of nitrogens with zero attached hydrogens (tertiary/aromatic N) is 1. The molecule has 0 saturated heterocycles. The van der Waals surface area contributed by atoms with Gasteiger partial charge in [0.05, 0.1) is 13.6 Å². The molecule has 19 heavy (non-hydrogen) atoms. The summed E-state index contributed by atoms with van der Waals surface area (Å²) < 4.78 is 1.19. The normalized spacial score (nSPS) is 28.2. The van der Waals surface area contributed by atoms with Crippen molar-refractivity contribution in [1.82, 2.24) is 0 Å². The maximum absolute atomic E-state index is 2.44. The van der Waals surface area contributed by atoms with Crippen LogP contribution in [-0.2, 0) is 19.4 Å². The molecular weight excluding hydrogens is 230 g/mol. The Morgan fingerprint density at radius 3 is 2.42 bits per heavy atom. The zero-order valence-corrected chi connectivity index (χ0v) is 11.5. The summed E-state index contributed by atoms with van der Waals surface area (Å²) in [5.41, 5.74) is 6.27. The SMILES string of the molecule is C[N@+]12CCc3ccccc3[C@@H]1Cc1ccccc1C2. The molecule has 0 aliphatic carbocycles. The molecule has 0 spiro atoms. The van der Waals surface area contributed by atoms with E-state index in [2.05, 4.69) is 55.6 Å². The minimum absolute atomic E-state index is 0.653. The highest BCUT2D eigenvalue weighted by molar-refractivity contribution is 5.36. The molecule has 2 heterocycles. The quantitative estimate of drug-likeness (QED) is 0.628. The molecule has 0 radical (unpaired) electrons. The maximum atomic E-state index is 2.44. The van der Waals surface area contributed by atoms with Gasteiger partial charge in [-0.1, -0.05) is 48.5 Å². The monoisotopic (exact) mass is 250 g/mol. The minimum Gasteiger partial charge on any atom is -0.316 e. The number of hydrogen-bond donors (Lipinski definition) is 0. The van der Waals surface area contributed by atoms with Crippen LogP contribution in [0.1, 0.15) is 28.3 Å². The van der Waals surface area contributed by atoms with Gasteiger partial charge in [-0.05, 0) is 11.1 Å². The Bertz CT molecular complexity index is 631. The van der Waals surface area contributed by atoms with Gasteiger partial charge in [0.1, 0.15) is 12.6 Å². The lowest BCUT2D eigenvalue weighted by Gasteiger charge is -2.48. The van der Waals surface area contributed by atoms with Gasteiger partial charge in [-0.15, -0.1) is 0 Å². The molecule has 4 rings (SSSR count). The van der Waals surface area contributed by atoms with Crippen molar-refractivity contribution in [3.05, 3.63) is 70.8 Å². The van der Waals surface area contributed by atoms with E-state index in [1.54, 1.807) is 22.3 Å². The number of benzene rings is 2. The average Bonchev–Trinajstić information content (AvgIpc) is 2.45. The lowest BCUT2D eigenvalue weighted by Crippen LogP contribution is -2.53. The number of hydrogen-bond acceptors (Lipinski definition) is 0. The fourth-order valence-electron chi connectivity index (χ4n) is 3.98. The summed E-state index contributed by atoms with van der Waals surface area (Å²) >= 11 is 0. The zero-order valence-electron chi connectivity index (χ0n) is 11.5. The second kappa shape index (κ2) is 3.94. The Balaban J connectivity index is 1.85. The second-order valence-electron chi connectivity index (χ2n) is 6.30. The van der Waals surface area contributed by atoms with Crippen molar-refractivity contribution in [1.29, 1.82) is 0 Å². The fraction of sp³-hybridized carbons (Fsp3) is 0.333. The third-order valence-electron chi connectivity index (χ3n) is 5.12. The Morgan fingerprint density at radius 2 is 1.58 bits per heavy atom. The highest BCUT2D eigenvalue weighted by Crippen LogP contribution is 2.42. The Morgan fingerprint density at radius 1 is 0.895 bits per heavy atom. The van der Waals surface area contributed by atoms with Gasteiger partial charge < -0.3 is 4.48 Å². The number of fused-ring (bicyclic) bond motifs is 4. The van der Waals surface area contributed by atoms with Crippen molar-refractivity contribution in [3.8, 4) is 0 Å². The molecule has 0 aromatic heterocycles. The van der Waals surface area contributed by atoms with Crippen LogP contribution >= 0.6 is 0 Å². The van der Waals surface area contributed by atoms with E-state index in [9.17, 15) is 0 Å². The van der Waals surface area contributed by atoms with E-state index in [1.807, 2.05) is 0 Å². The zero-order chi connectivity index (χ0) is 12.9. The third kappa shape index (κ3) is 1.65. The molecule has 0 bridgehead atoms. The van der Waals surface area contributed by atoms with Crippen molar-refractivity contribution in [2.45, 2.75) is 25.4 Å². The van der Waals surface area contributed by atoms with Crippen LogP contribution in [0, 0.1) is 0 Å². The summed E-state index contributed by atoms with van der Waals surface area (Å²) in [6.07, 6.45) is 2.43. The molecule has 2 aromatic carbocycles. The molecule has 0 saturated carbocycles. The van der Waals surface area contributed by atoms with Gasteiger partial charge in [-0.25, -0.2) is 0 Å². The largest absolute Gasteiger partial charge is 0.316 e. The molecular formula is C18H20N+. The van der Waals surface area contributed by atoms with E-state index in [-0.39, 0.29) is 0 Å². The summed E-state index contributed by atoms with van der Waals surface area (Å²) in [5.74, 6) is 0. The molecule has 0 fully saturated rings. The van der Waals surface area contributed by atoms with Gasteiger partial charge in [0, 0.05) is 24.0 Å². The first-order chi connectivity index (χ1) is 9.26. The van der Waals surface area contributed by atoms with Crippen LogP contribution in [0.4, 0.5) is 0 Å². The highest BCUT2D eigenvalue weighted by atomic mass is 15.4. The summed E-state index contributed by atoms with van der Waals surface area (Å²) in [7, 11) is 2.44. The van der Waals surface area contributed by atoms with Gasteiger partial charge in [0.25, 0.3) is 0 Å². The molecule has 96 valence electrons. The van der Waals surface area contributed by atoms with E-state index in [0.29, 0.717) is 6.04 Å². The van der Waals surface area contributed by atoms with E-state index in [0.717, 1.165) is 0 Å². The second-order valence-corrected chi connectivity index (χ2v) is 6.30. The smallest absolute Gasteiger partial charge is 0.119 e. The minimum atomic E-state index is 0.653. The van der Waals surface area contributed by atoms with Gasteiger partial charge in [0.2, 0.25) is 0 Å². The number of quaternary nitrogens is 1. The molecule has 2 aliphatic heterocycles. The van der Waals surface area contributed by atoms with Crippen LogP contribution in [0.2, 0.25) is 0 Å². The number of rotatable bonds is 0. The molecule has 0 N–H and O–H groups in total. The Kier molecular flexibility index (Phi) is 2.33. The molecule has 2 atom stereocenters. The van der Waals surface area contributed by atoms with Crippen LogP contribution in [0.15, 0.2) is 48.5 Å². The van der Waals surface area contributed by atoms with Crippen LogP contribution < -0.4 is 0 Å². The topological polar surface area (TPSA) is 0 Å². The third-order valence-corrected chi connectivity index (χ3v) is 5.12. The summed E-state index contributed by atoms with van der Waals surface area (Å²) in [5, 5.41) is 0. The molecule has 1 heteroatoms. The predicted molar refractivity (Wildman–Crippen MR) is 77.8 cm³/mol. The lowest BCUT2D eigenvalue weighted by atomic mass is 9.82. The van der Waals surface area contributed by atoms with Crippen molar-refractivity contribution >= 4 is 0 Å². The first-order valence-corrected chi connectivity index (χ1v) is 7.25. The van der Waals surface area contributed by atoms with Crippen molar-refractivity contribution in [3.63, 3.8) is 0 Å². The van der Waals surface area contributed by atoms with Gasteiger partial charge in [-0.2, -0.15) is 0 Å². The van der Waals surface area contributed by atoms with Crippen LogP contribution in [-0.4, -0.2) is 18.1 Å². The van der Waals surface area contributed by atoms with Gasteiger partial charge in [0.15, 0.2) is 0 Å². The van der Waals surface area contributed by atoms with Gasteiger partial charge in [-0.3, -0.25) is 0 Å². The van der Waals surface area contributed by atoms with Crippen molar-refractivity contribution in [2.24, 2.45) is 0 Å². The Labute approximate surface area is 115 Å². The standard InChI is InChI=1S/C18H20N/c1-19-11-10-14-6-4-5-9-17(14)18(19)12-15-7-2-3-8-16(15)13-19/h2-9,18H,10-13H2,1H3/q+1/t18-,19+/m0/s1. The molecule has 0 amide bonds. The van der Waals surface area contributed by atoms with Crippen LogP contribution in [0.3, 0.4) is 0 Å². The summed E-state index contributed by atoms with van der Waals surface area (Å²) in [6.45, 7) is 2.46. The van der Waals surface area contributed by atoms with E-state index in [1.165, 1.54) is 30.4 Å². The van der Waals surface area contributed by atoms with Crippen molar-refractivity contribution < 1.29 is 4.48 Å². The molecule has 0 unspecified atom stereocenters. The number of likely N-dealkylation sites (N-methyl/N-ethyl adjacent to an activating group) is 1. The lowest BCUT2D eigenvalue weighted by molar-refractivity contribution is -0.956. The fourth-order valence-corrected chi connectivity index (χ4v) is 3.98. The predicted octanol–water partition coefficient (Wildman–Crippen LogP) is 3.49. The van der Waals surface area contributed by atoms with E-state index >= 15 is 0 Å². The first kappa shape index (κ1) is 11.2. The highest BCUT2D eigenvalue weighted by Gasteiger charge is 2.42. The van der Waals surface area contributed by atoms with Crippen molar-refractivity contribution in [2.75, 3.05) is 13.6 Å². The summed E-state index contributed by atoms with van der Waals surface area (Å²) in [6, 6.07) is 18.7. The molecule has 2 aliphatic rings. The van der Waals surface area contributed by atoms with Gasteiger partial charge >= 0.3 is 0 Å².